The topological polar surface area (TPSA) is 93.3 Å². The van der Waals surface area contributed by atoms with Gasteiger partial charge < -0.3 is 19.8 Å². The van der Waals surface area contributed by atoms with E-state index in [0.29, 0.717) is 11.4 Å². The number of H-pyrrole nitrogens is 1. The maximum atomic E-state index is 12.2. The van der Waals surface area contributed by atoms with Crippen molar-refractivity contribution in [2.24, 2.45) is 0 Å². The number of rotatable bonds is 4. The molecule has 0 spiro atoms. The maximum absolute atomic E-state index is 12.2. The lowest BCUT2D eigenvalue weighted by Gasteiger charge is -2.06. The zero-order chi connectivity index (χ0) is 15.4. The number of esters is 1. The Morgan fingerprint density at radius 2 is 2.05 bits per heavy atom. The molecule has 0 aliphatic carbocycles. The molecule has 0 saturated carbocycles. The summed E-state index contributed by atoms with van der Waals surface area (Å²) in [6.45, 7) is 1.77. The first kappa shape index (κ1) is 14.6. The van der Waals surface area contributed by atoms with E-state index < -0.39 is 11.9 Å². The van der Waals surface area contributed by atoms with Crippen LogP contribution < -0.4 is 10.1 Å². The first-order valence-electron chi connectivity index (χ1n) is 6.14. The lowest BCUT2D eigenvalue weighted by Crippen LogP contribution is -2.16. The Labute approximate surface area is 121 Å². The van der Waals surface area contributed by atoms with Gasteiger partial charge in [-0.1, -0.05) is 0 Å². The number of pyridine rings is 1. The predicted octanol–water partition coefficient (Wildman–Crippen LogP) is 1.77. The number of carbonyl (C=O) groups excluding carboxylic acids is 2. The Hall–Kier alpha value is -2.83. The standard InChI is InChI=1S/C14H15N3O4/c1-8-6-10(12(16-8)14(19)21-3)17-13(18)11-7-9(20-2)4-5-15-11/h4-7,16H,1-3H3,(H,17,18). The van der Waals surface area contributed by atoms with Gasteiger partial charge in [-0.25, -0.2) is 4.79 Å². The molecule has 2 aromatic heterocycles. The maximum Gasteiger partial charge on any atom is 0.356 e. The second kappa shape index (κ2) is 6.08. The number of anilines is 1. The van der Waals surface area contributed by atoms with Crippen LogP contribution in [0.3, 0.4) is 0 Å². The zero-order valence-electron chi connectivity index (χ0n) is 11.9. The van der Waals surface area contributed by atoms with Gasteiger partial charge in [-0.3, -0.25) is 9.78 Å². The van der Waals surface area contributed by atoms with E-state index in [0.717, 1.165) is 5.69 Å². The molecular formula is C14H15N3O4. The summed E-state index contributed by atoms with van der Waals surface area (Å²) >= 11 is 0. The molecule has 0 unspecified atom stereocenters. The van der Waals surface area contributed by atoms with Gasteiger partial charge in [0.05, 0.1) is 19.9 Å². The zero-order valence-corrected chi connectivity index (χ0v) is 11.9. The van der Waals surface area contributed by atoms with Crippen LogP contribution in [-0.4, -0.2) is 36.1 Å². The summed E-state index contributed by atoms with van der Waals surface area (Å²) in [6, 6.07) is 4.79. The Morgan fingerprint density at radius 3 is 2.71 bits per heavy atom. The third kappa shape index (κ3) is 3.19. The highest BCUT2D eigenvalue weighted by atomic mass is 16.5. The number of methoxy groups -OCH3 is 2. The molecule has 0 aromatic carbocycles. The molecule has 0 radical (unpaired) electrons. The first-order valence-corrected chi connectivity index (χ1v) is 6.14. The molecule has 0 aliphatic heterocycles. The molecule has 7 nitrogen and oxygen atoms in total. The van der Waals surface area contributed by atoms with Crippen LogP contribution in [0, 0.1) is 6.92 Å². The minimum absolute atomic E-state index is 0.184. The molecule has 2 rings (SSSR count). The number of aryl methyl sites for hydroxylation is 1. The summed E-state index contributed by atoms with van der Waals surface area (Å²) in [4.78, 5) is 30.6. The number of hydrogen-bond acceptors (Lipinski definition) is 5. The number of carbonyl (C=O) groups is 2. The van der Waals surface area contributed by atoms with Gasteiger partial charge in [-0.2, -0.15) is 0 Å². The van der Waals surface area contributed by atoms with Crippen molar-refractivity contribution in [3.8, 4) is 5.75 Å². The Bertz CT molecular complexity index is 679. The van der Waals surface area contributed by atoms with Crippen LogP contribution >= 0.6 is 0 Å². The van der Waals surface area contributed by atoms with Gasteiger partial charge in [-0.15, -0.1) is 0 Å². The van der Waals surface area contributed by atoms with E-state index in [4.69, 9.17) is 4.74 Å². The summed E-state index contributed by atoms with van der Waals surface area (Å²) in [5.74, 6) is -0.483. The van der Waals surface area contributed by atoms with Gasteiger partial charge in [0.15, 0.2) is 0 Å². The number of aromatic nitrogens is 2. The molecule has 7 heteroatoms. The molecule has 1 amide bonds. The van der Waals surface area contributed by atoms with E-state index in [1.165, 1.54) is 26.5 Å². The van der Waals surface area contributed by atoms with Crippen molar-refractivity contribution in [1.82, 2.24) is 9.97 Å². The van der Waals surface area contributed by atoms with Gasteiger partial charge in [0.2, 0.25) is 0 Å². The van der Waals surface area contributed by atoms with Crippen LogP contribution in [-0.2, 0) is 4.74 Å². The van der Waals surface area contributed by atoms with Crippen LogP contribution in [0.4, 0.5) is 5.69 Å². The van der Waals surface area contributed by atoms with Crippen LogP contribution in [0.2, 0.25) is 0 Å². The normalized spacial score (nSPS) is 10.0. The van der Waals surface area contributed by atoms with Crippen molar-refractivity contribution in [2.75, 3.05) is 19.5 Å². The summed E-state index contributed by atoms with van der Waals surface area (Å²) in [6.07, 6.45) is 1.47. The fraction of sp³-hybridized carbons (Fsp3) is 0.214. The summed E-state index contributed by atoms with van der Waals surface area (Å²) in [5.41, 5.74) is 1.44. The van der Waals surface area contributed by atoms with E-state index in [-0.39, 0.29) is 11.4 Å². The minimum Gasteiger partial charge on any atom is -0.497 e. The number of amides is 1. The Morgan fingerprint density at radius 1 is 1.29 bits per heavy atom. The predicted molar refractivity (Wildman–Crippen MR) is 75.6 cm³/mol. The van der Waals surface area contributed by atoms with Gasteiger partial charge in [0.25, 0.3) is 5.91 Å². The average Bonchev–Trinajstić information content (AvgIpc) is 2.87. The molecule has 0 atom stereocenters. The number of nitrogens with one attached hydrogen (secondary N) is 2. The highest BCUT2D eigenvalue weighted by Gasteiger charge is 2.18. The van der Waals surface area contributed by atoms with E-state index in [1.807, 2.05) is 0 Å². The van der Waals surface area contributed by atoms with Crippen molar-refractivity contribution >= 4 is 17.6 Å². The molecule has 2 heterocycles. The average molecular weight is 289 g/mol. The monoisotopic (exact) mass is 289 g/mol. The van der Waals surface area contributed by atoms with Gasteiger partial charge in [0, 0.05) is 18.0 Å². The highest BCUT2D eigenvalue weighted by molar-refractivity contribution is 6.06. The SMILES string of the molecule is COC(=O)c1[nH]c(C)cc1NC(=O)c1cc(OC)ccn1. The molecule has 21 heavy (non-hydrogen) atoms. The summed E-state index contributed by atoms with van der Waals surface area (Å²) < 4.78 is 9.70. The van der Waals surface area contributed by atoms with E-state index in [1.54, 1.807) is 19.1 Å². The Kier molecular flexibility index (Phi) is 4.22. The minimum atomic E-state index is -0.558. The van der Waals surface area contributed by atoms with Crippen molar-refractivity contribution < 1.29 is 19.1 Å². The number of hydrogen-bond donors (Lipinski definition) is 2. The third-order valence-electron chi connectivity index (χ3n) is 2.79. The highest BCUT2D eigenvalue weighted by Crippen LogP contribution is 2.19. The largest absolute Gasteiger partial charge is 0.497 e. The number of aromatic amines is 1. The summed E-state index contributed by atoms with van der Waals surface area (Å²) in [5, 5.41) is 2.63. The first-order chi connectivity index (χ1) is 10.0. The van der Waals surface area contributed by atoms with Gasteiger partial charge in [-0.05, 0) is 19.1 Å². The molecule has 0 aliphatic rings. The second-order valence-electron chi connectivity index (χ2n) is 4.27. The molecule has 0 saturated heterocycles. The Balaban J connectivity index is 2.25. The van der Waals surface area contributed by atoms with Crippen LogP contribution in [0.15, 0.2) is 24.4 Å². The molecule has 0 bridgehead atoms. The lowest BCUT2D eigenvalue weighted by atomic mass is 10.3. The van der Waals surface area contributed by atoms with Crippen LogP contribution in [0.25, 0.3) is 0 Å². The number of nitrogens with zero attached hydrogens (tertiary/aromatic N) is 1. The molecule has 110 valence electrons. The molecule has 2 N–H and O–H groups in total. The quantitative estimate of drug-likeness (QED) is 0.837. The lowest BCUT2D eigenvalue weighted by molar-refractivity contribution is 0.0596. The number of ether oxygens (including phenoxy) is 2. The van der Waals surface area contributed by atoms with Crippen molar-refractivity contribution in [3.63, 3.8) is 0 Å². The van der Waals surface area contributed by atoms with E-state index in [9.17, 15) is 9.59 Å². The van der Waals surface area contributed by atoms with E-state index >= 15 is 0 Å². The second-order valence-corrected chi connectivity index (χ2v) is 4.27. The van der Waals surface area contributed by atoms with Crippen LogP contribution in [0.5, 0.6) is 5.75 Å². The van der Waals surface area contributed by atoms with Crippen molar-refractivity contribution in [1.29, 1.82) is 0 Å². The molecular weight excluding hydrogens is 274 g/mol. The van der Waals surface area contributed by atoms with Crippen molar-refractivity contribution in [2.45, 2.75) is 6.92 Å². The van der Waals surface area contributed by atoms with Gasteiger partial charge in [0.1, 0.15) is 17.1 Å². The summed E-state index contributed by atoms with van der Waals surface area (Å²) in [7, 11) is 2.77. The van der Waals surface area contributed by atoms with Crippen molar-refractivity contribution in [3.05, 3.63) is 41.5 Å². The fourth-order valence-electron chi connectivity index (χ4n) is 1.80. The fourth-order valence-corrected chi connectivity index (χ4v) is 1.80. The van der Waals surface area contributed by atoms with Crippen LogP contribution in [0.1, 0.15) is 26.7 Å². The van der Waals surface area contributed by atoms with E-state index in [2.05, 4.69) is 20.0 Å². The molecule has 0 fully saturated rings. The smallest absolute Gasteiger partial charge is 0.356 e. The third-order valence-corrected chi connectivity index (χ3v) is 2.79. The van der Waals surface area contributed by atoms with Gasteiger partial charge >= 0.3 is 5.97 Å². The molecule has 2 aromatic rings.